The standard InChI is InChI=1S/C29H30N2O5S2/c1-21-5-9-23(10-6-21)36-20-27-26-14-17-37-28(26)13-15-31(27)29(32)19-30(18-24-4-3-16-35-24)38(33,34)25-11-7-22(2)8-12-25/h3-12,14,16-17,27H,13,15,18-20H2,1-2H3. The number of thiophene rings is 1. The summed E-state index contributed by atoms with van der Waals surface area (Å²) < 4.78 is 40.1. The van der Waals surface area contributed by atoms with Crippen molar-refractivity contribution >= 4 is 27.3 Å². The summed E-state index contributed by atoms with van der Waals surface area (Å²) in [6, 6.07) is 19.6. The van der Waals surface area contributed by atoms with E-state index in [1.54, 1.807) is 52.6 Å². The minimum atomic E-state index is -3.96. The van der Waals surface area contributed by atoms with Crippen LogP contribution in [0.25, 0.3) is 0 Å². The topological polar surface area (TPSA) is 80.1 Å². The molecule has 4 aromatic rings. The lowest BCUT2D eigenvalue weighted by Crippen LogP contribution is -2.47. The summed E-state index contributed by atoms with van der Waals surface area (Å²) >= 11 is 1.67. The number of hydrogen-bond acceptors (Lipinski definition) is 6. The van der Waals surface area contributed by atoms with E-state index in [0.717, 1.165) is 28.9 Å². The summed E-state index contributed by atoms with van der Waals surface area (Å²) in [6.45, 7) is 4.33. The molecule has 0 bridgehead atoms. The fourth-order valence-electron chi connectivity index (χ4n) is 4.59. The summed E-state index contributed by atoms with van der Waals surface area (Å²) in [5, 5.41) is 2.03. The van der Waals surface area contributed by atoms with Crippen LogP contribution in [0.5, 0.6) is 5.75 Å². The second kappa shape index (κ2) is 11.1. The zero-order valence-corrected chi connectivity index (χ0v) is 23.0. The Labute approximate surface area is 227 Å². The number of ether oxygens (including phenoxy) is 1. The van der Waals surface area contributed by atoms with Gasteiger partial charge in [0.2, 0.25) is 15.9 Å². The first-order valence-electron chi connectivity index (χ1n) is 12.5. The Kier molecular flexibility index (Phi) is 7.69. The third kappa shape index (κ3) is 5.70. The number of benzene rings is 2. The van der Waals surface area contributed by atoms with E-state index in [9.17, 15) is 13.2 Å². The molecular weight excluding hydrogens is 520 g/mol. The fraction of sp³-hybridized carbons (Fsp3) is 0.276. The van der Waals surface area contributed by atoms with Crippen molar-refractivity contribution in [1.82, 2.24) is 9.21 Å². The van der Waals surface area contributed by atoms with Crippen LogP contribution in [0.1, 0.15) is 33.4 Å². The third-order valence-electron chi connectivity index (χ3n) is 6.73. The third-order valence-corrected chi connectivity index (χ3v) is 9.53. The van der Waals surface area contributed by atoms with Crippen LogP contribution in [0.15, 0.2) is 87.7 Å². The maximum atomic E-state index is 13.8. The van der Waals surface area contributed by atoms with Gasteiger partial charge in [-0.1, -0.05) is 35.4 Å². The fourth-order valence-corrected chi connectivity index (χ4v) is 6.87. The van der Waals surface area contributed by atoms with Crippen molar-refractivity contribution in [2.45, 2.75) is 37.8 Å². The van der Waals surface area contributed by atoms with E-state index in [2.05, 4.69) is 0 Å². The van der Waals surface area contributed by atoms with E-state index >= 15 is 0 Å². The number of hydrogen-bond donors (Lipinski definition) is 0. The van der Waals surface area contributed by atoms with Crippen LogP contribution in [0, 0.1) is 13.8 Å². The van der Waals surface area contributed by atoms with Crippen LogP contribution < -0.4 is 4.74 Å². The molecule has 0 radical (unpaired) electrons. The van der Waals surface area contributed by atoms with Gasteiger partial charge in [-0.15, -0.1) is 11.3 Å². The molecule has 1 amide bonds. The minimum Gasteiger partial charge on any atom is -0.491 e. The molecule has 1 aliphatic rings. The van der Waals surface area contributed by atoms with Crippen molar-refractivity contribution < 1.29 is 22.4 Å². The van der Waals surface area contributed by atoms with E-state index in [0.29, 0.717) is 12.3 Å². The zero-order valence-electron chi connectivity index (χ0n) is 21.4. The minimum absolute atomic E-state index is 0.0446. The first-order valence-corrected chi connectivity index (χ1v) is 14.8. The number of aryl methyl sites for hydroxylation is 2. The highest BCUT2D eigenvalue weighted by Crippen LogP contribution is 2.34. The van der Waals surface area contributed by atoms with Crippen LogP contribution in [0.3, 0.4) is 0 Å². The van der Waals surface area contributed by atoms with Crippen LogP contribution in [0.4, 0.5) is 0 Å². The Morgan fingerprint density at radius 1 is 1.05 bits per heavy atom. The molecule has 0 N–H and O–H groups in total. The Balaban J connectivity index is 1.40. The highest BCUT2D eigenvalue weighted by molar-refractivity contribution is 7.89. The molecule has 0 saturated heterocycles. The monoisotopic (exact) mass is 550 g/mol. The number of fused-ring (bicyclic) bond motifs is 1. The highest BCUT2D eigenvalue weighted by atomic mass is 32.2. The molecule has 1 aliphatic heterocycles. The largest absolute Gasteiger partial charge is 0.491 e. The molecule has 0 aliphatic carbocycles. The molecule has 38 heavy (non-hydrogen) atoms. The molecule has 0 saturated carbocycles. The molecular formula is C29H30N2O5S2. The Hall–Kier alpha value is -3.40. The predicted molar refractivity (Wildman–Crippen MR) is 147 cm³/mol. The molecule has 1 unspecified atom stereocenters. The lowest BCUT2D eigenvalue weighted by Gasteiger charge is -2.37. The molecule has 198 valence electrons. The van der Waals surface area contributed by atoms with Crippen LogP contribution in [-0.2, 0) is 27.8 Å². The summed E-state index contributed by atoms with van der Waals surface area (Å²) in [4.78, 5) is 16.9. The van der Waals surface area contributed by atoms with E-state index < -0.39 is 10.0 Å². The van der Waals surface area contributed by atoms with Gasteiger partial charge in [-0.25, -0.2) is 8.42 Å². The number of sulfonamides is 1. The van der Waals surface area contributed by atoms with Gasteiger partial charge in [0.05, 0.1) is 30.3 Å². The van der Waals surface area contributed by atoms with Crippen molar-refractivity contribution in [1.29, 1.82) is 0 Å². The molecule has 2 aromatic carbocycles. The van der Waals surface area contributed by atoms with Gasteiger partial charge in [-0.3, -0.25) is 4.79 Å². The van der Waals surface area contributed by atoms with Crippen LogP contribution in [0.2, 0.25) is 0 Å². The Morgan fingerprint density at radius 2 is 1.76 bits per heavy atom. The van der Waals surface area contributed by atoms with E-state index in [-0.39, 0.29) is 36.5 Å². The van der Waals surface area contributed by atoms with E-state index in [1.807, 2.05) is 49.6 Å². The zero-order chi connectivity index (χ0) is 26.7. The maximum absolute atomic E-state index is 13.8. The summed E-state index contributed by atoms with van der Waals surface area (Å²) in [5.74, 6) is 0.917. The summed E-state index contributed by atoms with van der Waals surface area (Å²) in [5.41, 5.74) is 3.15. The molecule has 1 atom stereocenters. The number of nitrogens with zero attached hydrogens (tertiary/aromatic N) is 2. The first-order chi connectivity index (χ1) is 18.3. The smallest absolute Gasteiger partial charge is 0.243 e. The van der Waals surface area contributed by atoms with Crippen molar-refractivity contribution in [3.8, 4) is 5.75 Å². The number of carbonyl (C=O) groups is 1. The highest BCUT2D eigenvalue weighted by Gasteiger charge is 2.35. The molecule has 0 fully saturated rings. The summed E-state index contributed by atoms with van der Waals surface area (Å²) in [7, 11) is -3.96. The van der Waals surface area contributed by atoms with Gasteiger partial charge in [-0.2, -0.15) is 4.31 Å². The lowest BCUT2D eigenvalue weighted by atomic mass is 10.0. The van der Waals surface area contributed by atoms with Crippen molar-refractivity contribution in [3.63, 3.8) is 0 Å². The van der Waals surface area contributed by atoms with Gasteiger partial charge in [-0.05, 0) is 73.7 Å². The van der Waals surface area contributed by atoms with Crippen LogP contribution >= 0.6 is 11.3 Å². The summed E-state index contributed by atoms with van der Waals surface area (Å²) in [6.07, 6.45) is 2.22. The second-order valence-electron chi connectivity index (χ2n) is 9.44. The van der Waals surface area contributed by atoms with E-state index in [1.165, 1.54) is 15.4 Å². The number of amides is 1. The predicted octanol–water partition coefficient (Wildman–Crippen LogP) is 5.35. The molecule has 3 heterocycles. The Morgan fingerprint density at radius 3 is 2.45 bits per heavy atom. The van der Waals surface area contributed by atoms with E-state index in [4.69, 9.17) is 9.15 Å². The van der Waals surface area contributed by atoms with Gasteiger partial charge < -0.3 is 14.1 Å². The van der Waals surface area contributed by atoms with Crippen molar-refractivity contribution in [2.75, 3.05) is 19.7 Å². The average molecular weight is 551 g/mol. The Bertz CT molecular complexity index is 1480. The average Bonchev–Trinajstić information content (AvgIpc) is 3.60. The van der Waals surface area contributed by atoms with Gasteiger partial charge in [0.25, 0.3) is 0 Å². The number of carbonyl (C=O) groups excluding carboxylic acids is 1. The molecule has 5 rings (SSSR count). The van der Waals surface area contributed by atoms with Crippen LogP contribution in [-0.4, -0.2) is 43.2 Å². The van der Waals surface area contributed by atoms with Gasteiger partial charge in [0.15, 0.2) is 0 Å². The second-order valence-corrected chi connectivity index (χ2v) is 12.4. The molecule has 9 heteroatoms. The molecule has 7 nitrogen and oxygen atoms in total. The van der Waals surface area contributed by atoms with Crippen molar-refractivity contribution in [3.05, 3.63) is 106 Å². The number of furan rings is 1. The lowest BCUT2D eigenvalue weighted by molar-refractivity contribution is -0.135. The normalized spacial score (nSPS) is 15.4. The van der Waals surface area contributed by atoms with Gasteiger partial charge in [0, 0.05) is 11.4 Å². The van der Waals surface area contributed by atoms with Crippen molar-refractivity contribution in [2.24, 2.45) is 0 Å². The quantitative estimate of drug-likeness (QED) is 0.281. The SMILES string of the molecule is Cc1ccc(OCC2c3ccsc3CCN2C(=O)CN(Cc2ccco2)S(=O)(=O)c2ccc(C)cc2)cc1. The van der Waals surface area contributed by atoms with Gasteiger partial charge in [0.1, 0.15) is 18.1 Å². The first kappa shape index (κ1) is 26.2. The number of rotatable bonds is 9. The molecule has 2 aromatic heterocycles. The maximum Gasteiger partial charge on any atom is 0.243 e. The molecule has 0 spiro atoms. The van der Waals surface area contributed by atoms with Gasteiger partial charge >= 0.3 is 0 Å².